The van der Waals surface area contributed by atoms with Crippen LogP contribution in [0.4, 0.5) is 26.3 Å². The molecule has 3 aromatic rings. The summed E-state index contributed by atoms with van der Waals surface area (Å²) in [6.07, 6.45) is -5.47. The summed E-state index contributed by atoms with van der Waals surface area (Å²) in [5.41, 5.74) is 2.06. The van der Waals surface area contributed by atoms with Crippen molar-refractivity contribution < 1.29 is 26.3 Å². The van der Waals surface area contributed by atoms with Gasteiger partial charge >= 0.3 is 12.4 Å². The van der Waals surface area contributed by atoms with Crippen LogP contribution in [-0.4, -0.2) is 4.99 Å². The quantitative estimate of drug-likeness (QED) is 0.274. The third-order valence-electron chi connectivity index (χ3n) is 5.15. The van der Waals surface area contributed by atoms with Crippen molar-refractivity contribution in [2.45, 2.75) is 32.1 Å². The number of halogens is 6. The first-order chi connectivity index (χ1) is 15.9. The van der Waals surface area contributed by atoms with Gasteiger partial charge in [0, 0.05) is 11.3 Å². The second kappa shape index (κ2) is 10.4. The SMILES string of the molecule is C/C(=C\CCc1ccc(-c2cccc(C(F)(F)F)c2)cc1)NC(=S)c1ccc(C(F)(F)F)cc1. The predicted octanol–water partition coefficient (Wildman–Crippen LogP) is 8.19. The van der Waals surface area contributed by atoms with E-state index in [0.717, 1.165) is 35.5 Å². The lowest BCUT2D eigenvalue weighted by Crippen LogP contribution is -2.20. The van der Waals surface area contributed by atoms with E-state index in [1.807, 2.05) is 25.1 Å². The summed E-state index contributed by atoms with van der Waals surface area (Å²) in [6.45, 7) is 1.81. The predicted molar refractivity (Wildman–Crippen MR) is 125 cm³/mol. The van der Waals surface area contributed by atoms with Gasteiger partial charge in [0.1, 0.15) is 4.99 Å². The molecule has 1 N–H and O–H groups in total. The van der Waals surface area contributed by atoms with E-state index in [4.69, 9.17) is 12.2 Å². The maximum atomic E-state index is 12.9. The maximum absolute atomic E-state index is 12.9. The highest BCUT2D eigenvalue weighted by Crippen LogP contribution is 2.32. The van der Waals surface area contributed by atoms with Crippen LogP contribution in [0, 0.1) is 0 Å². The normalized spacial score (nSPS) is 12.5. The highest BCUT2D eigenvalue weighted by atomic mass is 32.1. The third-order valence-corrected chi connectivity index (χ3v) is 5.48. The molecule has 0 heterocycles. The topological polar surface area (TPSA) is 12.0 Å². The van der Waals surface area contributed by atoms with Crippen LogP contribution in [0.15, 0.2) is 84.6 Å². The van der Waals surface area contributed by atoms with E-state index >= 15 is 0 Å². The van der Waals surface area contributed by atoms with Crippen LogP contribution < -0.4 is 5.32 Å². The van der Waals surface area contributed by atoms with Crippen molar-refractivity contribution >= 4 is 17.2 Å². The van der Waals surface area contributed by atoms with Crippen LogP contribution in [-0.2, 0) is 18.8 Å². The molecule has 0 radical (unpaired) electrons. The van der Waals surface area contributed by atoms with Gasteiger partial charge < -0.3 is 5.32 Å². The molecule has 0 bridgehead atoms. The van der Waals surface area contributed by atoms with Crippen molar-refractivity contribution in [3.8, 4) is 11.1 Å². The minimum Gasteiger partial charge on any atom is -0.350 e. The van der Waals surface area contributed by atoms with Crippen LogP contribution in [0.1, 0.15) is 35.6 Å². The Morgan fingerprint density at radius 2 is 1.41 bits per heavy atom. The average Bonchev–Trinajstić information content (AvgIpc) is 2.78. The van der Waals surface area contributed by atoms with E-state index in [2.05, 4.69) is 5.32 Å². The zero-order chi connectivity index (χ0) is 24.9. The summed E-state index contributed by atoms with van der Waals surface area (Å²) in [6, 6.07) is 17.2. The Bertz CT molecular complexity index is 1160. The molecule has 8 heteroatoms. The number of rotatable bonds is 6. The fourth-order valence-corrected chi connectivity index (χ4v) is 3.60. The molecule has 0 amide bonds. The molecular formula is C26H21F6NS. The molecule has 0 aliphatic heterocycles. The first-order valence-corrected chi connectivity index (χ1v) is 10.8. The molecule has 0 aliphatic carbocycles. The van der Waals surface area contributed by atoms with E-state index in [1.54, 1.807) is 18.2 Å². The molecule has 3 rings (SSSR count). The molecular weight excluding hydrogens is 472 g/mol. The van der Waals surface area contributed by atoms with Gasteiger partial charge in [-0.25, -0.2) is 0 Å². The number of hydrogen-bond acceptors (Lipinski definition) is 1. The van der Waals surface area contributed by atoms with Crippen molar-refractivity contribution in [2.75, 3.05) is 0 Å². The van der Waals surface area contributed by atoms with Crippen molar-refractivity contribution in [3.63, 3.8) is 0 Å². The van der Waals surface area contributed by atoms with Gasteiger partial charge in [0.25, 0.3) is 0 Å². The van der Waals surface area contributed by atoms with E-state index in [9.17, 15) is 26.3 Å². The molecule has 3 aromatic carbocycles. The Balaban J connectivity index is 1.55. The monoisotopic (exact) mass is 493 g/mol. The van der Waals surface area contributed by atoms with Gasteiger partial charge in [-0.2, -0.15) is 26.3 Å². The van der Waals surface area contributed by atoms with E-state index < -0.39 is 23.5 Å². The molecule has 0 unspecified atom stereocenters. The fourth-order valence-electron chi connectivity index (χ4n) is 3.31. The van der Waals surface area contributed by atoms with E-state index in [1.165, 1.54) is 18.2 Å². The Labute approximate surface area is 199 Å². The third kappa shape index (κ3) is 6.93. The van der Waals surface area contributed by atoms with Gasteiger partial charge in [0.2, 0.25) is 0 Å². The van der Waals surface area contributed by atoms with Crippen molar-refractivity contribution in [3.05, 3.63) is 107 Å². The number of nitrogens with one attached hydrogen (secondary N) is 1. The van der Waals surface area contributed by atoms with E-state index in [0.29, 0.717) is 34.5 Å². The summed E-state index contributed by atoms with van der Waals surface area (Å²) >= 11 is 5.27. The summed E-state index contributed by atoms with van der Waals surface area (Å²) in [5, 5.41) is 3.01. The van der Waals surface area contributed by atoms with Crippen LogP contribution in [0.5, 0.6) is 0 Å². The van der Waals surface area contributed by atoms with Crippen LogP contribution >= 0.6 is 12.2 Å². The molecule has 0 spiro atoms. The standard InChI is InChI=1S/C26H21F6NS/c1-17(33-24(34)20-12-14-22(15-13-20)25(27,28)29)4-2-5-18-8-10-19(11-9-18)21-6-3-7-23(16-21)26(30,31)32/h3-4,6-16H,2,5H2,1H3,(H,33,34)/b17-4+. The second-order valence-corrected chi connectivity index (χ2v) is 8.14. The smallest absolute Gasteiger partial charge is 0.350 e. The molecule has 0 aliphatic rings. The van der Waals surface area contributed by atoms with Gasteiger partial charge in [-0.05, 0) is 60.7 Å². The number of hydrogen-bond donors (Lipinski definition) is 1. The number of aryl methyl sites for hydroxylation is 1. The zero-order valence-corrected chi connectivity index (χ0v) is 18.9. The van der Waals surface area contributed by atoms with Crippen molar-refractivity contribution in [1.29, 1.82) is 0 Å². The first-order valence-electron chi connectivity index (χ1n) is 10.4. The van der Waals surface area contributed by atoms with Crippen molar-refractivity contribution in [2.24, 2.45) is 0 Å². The van der Waals surface area contributed by atoms with Crippen LogP contribution in [0.25, 0.3) is 11.1 Å². The largest absolute Gasteiger partial charge is 0.416 e. The summed E-state index contributed by atoms with van der Waals surface area (Å²) in [7, 11) is 0. The van der Waals surface area contributed by atoms with Crippen LogP contribution in [0.2, 0.25) is 0 Å². The fraction of sp³-hybridized carbons (Fsp3) is 0.192. The highest BCUT2D eigenvalue weighted by Gasteiger charge is 2.31. The average molecular weight is 494 g/mol. The molecule has 1 nitrogen and oxygen atoms in total. The lowest BCUT2D eigenvalue weighted by atomic mass is 10.0. The molecule has 0 fully saturated rings. The lowest BCUT2D eigenvalue weighted by Gasteiger charge is -2.11. The van der Waals surface area contributed by atoms with Crippen molar-refractivity contribution in [1.82, 2.24) is 5.32 Å². The molecule has 178 valence electrons. The second-order valence-electron chi connectivity index (χ2n) is 7.73. The van der Waals surface area contributed by atoms with Gasteiger partial charge in [-0.15, -0.1) is 0 Å². The summed E-state index contributed by atoms with van der Waals surface area (Å²) in [4.78, 5) is 0.327. The van der Waals surface area contributed by atoms with Gasteiger partial charge in [-0.1, -0.05) is 66.8 Å². The molecule has 0 saturated carbocycles. The molecule has 0 atom stereocenters. The Hall–Kier alpha value is -3.13. The van der Waals surface area contributed by atoms with Gasteiger partial charge in [0.15, 0.2) is 0 Å². The minimum absolute atomic E-state index is 0.327. The number of allylic oxidation sites excluding steroid dienone is 2. The van der Waals surface area contributed by atoms with Gasteiger partial charge in [-0.3, -0.25) is 0 Å². The molecule has 34 heavy (non-hydrogen) atoms. The Morgan fingerprint density at radius 3 is 2.00 bits per heavy atom. The minimum atomic E-state index is -4.39. The Morgan fingerprint density at radius 1 is 0.794 bits per heavy atom. The first kappa shape index (κ1) is 25.5. The summed E-state index contributed by atoms with van der Waals surface area (Å²) < 4.78 is 76.8. The molecule has 0 aromatic heterocycles. The number of thiocarbonyl (C=S) groups is 1. The zero-order valence-electron chi connectivity index (χ0n) is 18.1. The number of benzene rings is 3. The Kier molecular flexibility index (Phi) is 7.82. The highest BCUT2D eigenvalue weighted by molar-refractivity contribution is 7.80. The summed E-state index contributed by atoms with van der Waals surface area (Å²) in [5.74, 6) is 0. The van der Waals surface area contributed by atoms with E-state index in [-0.39, 0.29) is 0 Å². The van der Waals surface area contributed by atoms with Gasteiger partial charge in [0.05, 0.1) is 11.1 Å². The lowest BCUT2D eigenvalue weighted by molar-refractivity contribution is -0.138. The maximum Gasteiger partial charge on any atom is 0.416 e. The van der Waals surface area contributed by atoms with Crippen LogP contribution in [0.3, 0.4) is 0 Å². The number of alkyl halides is 6. The molecule has 0 saturated heterocycles.